The number of hydrogen-bond donors (Lipinski definition) is 4. The highest BCUT2D eigenvalue weighted by Crippen LogP contribution is 2.38. The van der Waals surface area contributed by atoms with Crippen LogP contribution in [0.25, 0.3) is 20.8 Å². The summed E-state index contributed by atoms with van der Waals surface area (Å²) < 4.78 is 64.0. The van der Waals surface area contributed by atoms with E-state index in [0.29, 0.717) is 16.3 Å². The highest BCUT2D eigenvalue weighted by Gasteiger charge is 2.43. The van der Waals surface area contributed by atoms with Gasteiger partial charge in [0.15, 0.2) is 0 Å². The van der Waals surface area contributed by atoms with Crippen LogP contribution in [-0.2, 0) is 10.0 Å². The number of fused-ring (bicyclic) bond motifs is 1. The molecule has 202 valence electrons. The van der Waals surface area contributed by atoms with E-state index in [4.69, 9.17) is 0 Å². The molecule has 4 unspecified atom stereocenters. The van der Waals surface area contributed by atoms with Crippen molar-refractivity contribution in [3.63, 3.8) is 0 Å². The Morgan fingerprint density at radius 3 is 2.51 bits per heavy atom. The molecule has 2 heterocycles. The number of anilines is 2. The molecule has 1 aliphatic rings. The van der Waals surface area contributed by atoms with Gasteiger partial charge in [-0.3, -0.25) is 0 Å². The fraction of sp³-hybridized carbons (Fsp3) is 0.500. The van der Waals surface area contributed by atoms with Gasteiger partial charge < -0.3 is 20.8 Å². The number of rotatable bonds is 8. The van der Waals surface area contributed by atoms with Gasteiger partial charge in [0, 0.05) is 19.5 Å². The molecule has 4 rings (SSSR count). The van der Waals surface area contributed by atoms with Crippen molar-refractivity contribution in [1.29, 1.82) is 0 Å². The zero-order chi connectivity index (χ0) is 27.1. The Labute approximate surface area is 215 Å². The summed E-state index contributed by atoms with van der Waals surface area (Å²) in [5.74, 6) is -0.697. The topological polar surface area (TPSA) is 141 Å². The quantitative estimate of drug-likeness (QED) is 0.327. The Bertz CT molecular complexity index is 1350. The monoisotopic (exact) mass is 560 g/mol. The highest BCUT2D eigenvalue weighted by molar-refractivity contribution is 7.88. The third-order valence-corrected chi connectivity index (χ3v) is 8.56. The first-order valence-corrected chi connectivity index (χ1v) is 14.0. The molecule has 1 saturated carbocycles. The third-order valence-electron chi connectivity index (χ3n) is 6.23. The van der Waals surface area contributed by atoms with Crippen LogP contribution >= 0.6 is 11.3 Å². The molecular formula is C22H27F3N6O4S2. The summed E-state index contributed by atoms with van der Waals surface area (Å²) in [6.07, 6.45) is -5.75. The van der Waals surface area contributed by atoms with Gasteiger partial charge in [-0.05, 0) is 25.5 Å². The Balaban J connectivity index is 1.68. The first-order chi connectivity index (χ1) is 17.2. The van der Waals surface area contributed by atoms with Gasteiger partial charge in [0.05, 0.1) is 39.9 Å². The Hall–Kier alpha value is -2.59. The second-order valence-electron chi connectivity index (χ2n) is 9.08. The molecule has 0 spiro atoms. The lowest BCUT2D eigenvalue weighted by molar-refractivity contribution is -0.115. The summed E-state index contributed by atoms with van der Waals surface area (Å²) in [4.78, 5) is 13.1. The van der Waals surface area contributed by atoms with Crippen molar-refractivity contribution < 1.29 is 31.8 Å². The number of nitrogens with zero attached hydrogens (tertiary/aromatic N) is 4. The number of benzene rings is 1. The van der Waals surface area contributed by atoms with E-state index in [1.807, 2.05) is 24.3 Å². The molecule has 4 atom stereocenters. The van der Waals surface area contributed by atoms with Crippen molar-refractivity contribution in [2.24, 2.45) is 5.92 Å². The largest absolute Gasteiger partial charge is 0.405 e. The number of thiazole rings is 1. The van der Waals surface area contributed by atoms with E-state index in [0.717, 1.165) is 20.8 Å². The molecule has 1 aromatic carbocycles. The van der Waals surface area contributed by atoms with Gasteiger partial charge in [-0.2, -0.15) is 18.2 Å². The van der Waals surface area contributed by atoms with E-state index in [1.54, 1.807) is 6.92 Å². The first kappa shape index (κ1) is 27.4. The van der Waals surface area contributed by atoms with Crippen LogP contribution in [-0.4, -0.2) is 88.7 Å². The molecule has 2 aromatic heterocycles. The molecule has 15 heteroatoms. The van der Waals surface area contributed by atoms with Crippen LogP contribution in [0.3, 0.4) is 0 Å². The molecule has 10 nitrogen and oxygen atoms in total. The predicted molar refractivity (Wildman–Crippen MR) is 135 cm³/mol. The fourth-order valence-corrected chi connectivity index (χ4v) is 5.79. The summed E-state index contributed by atoms with van der Waals surface area (Å²) >= 11 is 1.36. The van der Waals surface area contributed by atoms with Crippen molar-refractivity contribution in [3.8, 4) is 10.6 Å². The number of aromatic nitrogens is 3. The molecular weight excluding hydrogens is 533 g/mol. The number of alkyl halides is 3. The maximum absolute atomic E-state index is 12.8. The van der Waals surface area contributed by atoms with Crippen LogP contribution in [0.1, 0.15) is 12.1 Å². The van der Waals surface area contributed by atoms with Crippen LogP contribution in [0.2, 0.25) is 0 Å². The lowest BCUT2D eigenvalue weighted by atomic mass is 10.1. The molecule has 0 radical (unpaired) electrons. The van der Waals surface area contributed by atoms with E-state index in [1.165, 1.54) is 18.4 Å². The molecule has 3 aromatic rings. The number of nitrogens with one attached hydrogen (secondary N) is 2. The van der Waals surface area contributed by atoms with Crippen molar-refractivity contribution in [2.45, 2.75) is 37.8 Å². The molecule has 37 heavy (non-hydrogen) atoms. The van der Waals surface area contributed by atoms with Gasteiger partial charge in [0.2, 0.25) is 16.0 Å². The average Bonchev–Trinajstić information content (AvgIpc) is 3.33. The average molecular weight is 561 g/mol. The molecule has 1 fully saturated rings. The van der Waals surface area contributed by atoms with Gasteiger partial charge in [0.25, 0.3) is 0 Å². The van der Waals surface area contributed by atoms with Crippen LogP contribution in [0.15, 0.2) is 24.3 Å². The summed E-state index contributed by atoms with van der Waals surface area (Å²) in [6.45, 7) is 0.273. The van der Waals surface area contributed by atoms with E-state index < -0.39 is 46.9 Å². The lowest BCUT2D eigenvalue weighted by Crippen LogP contribution is -2.38. The van der Waals surface area contributed by atoms with Crippen LogP contribution in [0, 0.1) is 12.8 Å². The van der Waals surface area contributed by atoms with E-state index in [2.05, 4.69) is 25.6 Å². The number of halogens is 3. The van der Waals surface area contributed by atoms with Crippen molar-refractivity contribution in [2.75, 3.05) is 37.0 Å². The van der Waals surface area contributed by atoms with Gasteiger partial charge in [0.1, 0.15) is 23.5 Å². The third kappa shape index (κ3) is 6.29. The maximum Gasteiger partial charge on any atom is 0.405 e. The predicted octanol–water partition coefficient (Wildman–Crippen LogP) is 2.45. The number of aliphatic hydroxyl groups excluding tert-OH is 2. The molecule has 1 aliphatic carbocycles. The molecule has 0 aliphatic heterocycles. The van der Waals surface area contributed by atoms with Crippen LogP contribution in [0.4, 0.5) is 24.9 Å². The minimum absolute atomic E-state index is 0.0127. The normalized spacial score (nSPS) is 22.6. The summed E-state index contributed by atoms with van der Waals surface area (Å²) in [6, 6.07) is 6.66. The zero-order valence-electron chi connectivity index (χ0n) is 20.2. The van der Waals surface area contributed by atoms with E-state index >= 15 is 0 Å². The smallest absolute Gasteiger partial charge is 0.390 e. The summed E-state index contributed by atoms with van der Waals surface area (Å²) in [5, 5.41) is 27.1. The molecule has 0 bridgehead atoms. The van der Waals surface area contributed by atoms with E-state index in [9.17, 15) is 31.8 Å². The zero-order valence-corrected chi connectivity index (χ0v) is 21.8. The Morgan fingerprint density at radius 2 is 1.86 bits per heavy atom. The van der Waals surface area contributed by atoms with E-state index in [-0.39, 0.29) is 24.7 Å². The number of aryl methyl sites for hydroxylation is 1. The highest BCUT2D eigenvalue weighted by atomic mass is 32.2. The SMILES string of the molecule is Cc1nc(NCC(F)(F)F)nc(NC2CC(CN(C)S(C)(=O)=O)C(O)C2O)c1-c1nc2ccccc2s1. The van der Waals surface area contributed by atoms with Gasteiger partial charge in [-0.15, -0.1) is 11.3 Å². The Kier molecular flexibility index (Phi) is 7.63. The number of hydrogen-bond acceptors (Lipinski definition) is 10. The van der Waals surface area contributed by atoms with Crippen molar-refractivity contribution in [1.82, 2.24) is 19.3 Å². The van der Waals surface area contributed by atoms with Crippen LogP contribution in [0.5, 0.6) is 0 Å². The van der Waals surface area contributed by atoms with Gasteiger partial charge in [-0.1, -0.05) is 12.1 Å². The van der Waals surface area contributed by atoms with Crippen molar-refractivity contribution >= 4 is 43.3 Å². The molecule has 0 amide bonds. The van der Waals surface area contributed by atoms with Gasteiger partial charge >= 0.3 is 6.18 Å². The number of aliphatic hydroxyl groups is 2. The second kappa shape index (κ2) is 10.3. The first-order valence-electron chi connectivity index (χ1n) is 11.3. The maximum atomic E-state index is 12.8. The standard InChI is InChI=1S/C22H27F3N6O4S2/c1-11-16(20-29-13-6-4-5-7-15(13)36-20)19(30-21(27-11)26-10-22(23,24)25)28-14-8-12(17(32)18(14)33)9-31(2)37(3,34)35/h4-7,12,14,17-18,32-33H,8-10H2,1-3H3,(H2,26,27,28,30). The molecule has 0 saturated heterocycles. The summed E-state index contributed by atoms with van der Waals surface area (Å²) in [5.41, 5.74) is 1.55. The minimum Gasteiger partial charge on any atom is -0.390 e. The lowest BCUT2D eigenvalue weighted by Gasteiger charge is -2.21. The van der Waals surface area contributed by atoms with Gasteiger partial charge in [-0.25, -0.2) is 22.7 Å². The fourth-order valence-electron chi connectivity index (χ4n) is 4.26. The van der Waals surface area contributed by atoms with Crippen LogP contribution < -0.4 is 10.6 Å². The Morgan fingerprint density at radius 1 is 1.16 bits per heavy atom. The second-order valence-corrected chi connectivity index (χ2v) is 12.2. The number of para-hydroxylation sites is 1. The molecule has 4 N–H and O–H groups in total. The minimum atomic E-state index is -4.48. The van der Waals surface area contributed by atoms with Crippen molar-refractivity contribution in [3.05, 3.63) is 30.0 Å². The number of sulfonamides is 1. The summed E-state index contributed by atoms with van der Waals surface area (Å²) in [7, 11) is -2.12.